The second-order valence-electron chi connectivity index (χ2n) is 4.63. The fourth-order valence-corrected chi connectivity index (χ4v) is 3.55. The van der Waals surface area contributed by atoms with Crippen molar-refractivity contribution in [3.05, 3.63) is 50.4 Å². The number of aryl methyl sites for hydroxylation is 1. The number of aromatic nitrogens is 1. The summed E-state index contributed by atoms with van der Waals surface area (Å²) in [5, 5.41) is 2.11. The highest BCUT2D eigenvalue weighted by atomic mass is 79.9. The van der Waals surface area contributed by atoms with Crippen molar-refractivity contribution in [3.8, 4) is 0 Å². The summed E-state index contributed by atoms with van der Waals surface area (Å²) >= 11 is 5.24. The van der Waals surface area contributed by atoms with Crippen LogP contribution in [0.3, 0.4) is 0 Å². The fourth-order valence-electron chi connectivity index (χ4n) is 2.04. The molecule has 0 fully saturated rings. The second kappa shape index (κ2) is 6.61. The van der Waals surface area contributed by atoms with E-state index in [1.54, 1.807) is 11.3 Å². The number of nitrogens with two attached hydrogens (primary N) is 1. The average Bonchev–Trinajstić information content (AvgIpc) is 2.78. The molecule has 102 valence electrons. The molecule has 2 aromatic heterocycles. The van der Waals surface area contributed by atoms with Crippen molar-refractivity contribution < 1.29 is 0 Å². The number of likely N-dealkylation sites (N-methyl/N-ethyl adjacent to an activating group) is 1. The third-order valence-electron chi connectivity index (χ3n) is 3.10. The minimum absolute atomic E-state index is 0.203. The van der Waals surface area contributed by atoms with Crippen LogP contribution in [0.1, 0.15) is 22.2 Å². The van der Waals surface area contributed by atoms with Crippen LogP contribution in [-0.4, -0.2) is 23.5 Å². The summed E-state index contributed by atoms with van der Waals surface area (Å²) in [6.45, 7) is 3.48. The molecule has 0 amide bonds. The highest BCUT2D eigenvalue weighted by molar-refractivity contribution is 9.10. The Balaban J connectivity index is 2.10. The predicted octanol–water partition coefficient (Wildman–Crippen LogP) is 3.35. The molecule has 1 atom stereocenters. The van der Waals surface area contributed by atoms with Gasteiger partial charge in [0, 0.05) is 45.8 Å². The van der Waals surface area contributed by atoms with Crippen molar-refractivity contribution >= 4 is 27.3 Å². The minimum Gasteiger partial charge on any atom is -0.329 e. The fraction of sp³-hybridized carbons (Fsp3) is 0.357. The molecular weight excluding hydrogens is 322 g/mol. The van der Waals surface area contributed by atoms with E-state index in [0.29, 0.717) is 6.54 Å². The maximum atomic E-state index is 5.93. The lowest BCUT2D eigenvalue weighted by Gasteiger charge is -2.26. The van der Waals surface area contributed by atoms with Crippen LogP contribution in [0.2, 0.25) is 0 Å². The van der Waals surface area contributed by atoms with Gasteiger partial charge in [0.1, 0.15) is 0 Å². The van der Waals surface area contributed by atoms with Gasteiger partial charge in [-0.05, 0) is 47.6 Å². The minimum atomic E-state index is 0.203. The van der Waals surface area contributed by atoms with Gasteiger partial charge in [-0.1, -0.05) is 6.07 Å². The Morgan fingerprint density at radius 3 is 2.79 bits per heavy atom. The molecule has 2 aromatic rings. The van der Waals surface area contributed by atoms with Crippen molar-refractivity contribution in [2.75, 3.05) is 13.6 Å². The quantitative estimate of drug-likeness (QED) is 0.908. The topological polar surface area (TPSA) is 42.1 Å². The van der Waals surface area contributed by atoms with E-state index < -0.39 is 0 Å². The second-order valence-corrected chi connectivity index (χ2v) is 6.54. The molecule has 0 aliphatic heterocycles. The summed E-state index contributed by atoms with van der Waals surface area (Å²) in [6, 6.07) is 6.50. The first-order chi connectivity index (χ1) is 9.10. The summed E-state index contributed by atoms with van der Waals surface area (Å²) in [6.07, 6.45) is 1.92. The molecule has 0 saturated carbocycles. The van der Waals surface area contributed by atoms with E-state index in [1.807, 2.05) is 19.2 Å². The third-order valence-corrected chi connectivity index (χ3v) is 4.78. The van der Waals surface area contributed by atoms with Gasteiger partial charge >= 0.3 is 0 Å². The van der Waals surface area contributed by atoms with Gasteiger partial charge in [-0.25, -0.2) is 0 Å². The van der Waals surface area contributed by atoms with Crippen molar-refractivity contribution in [2.24, 2.45) is 5.73 Å². The first-order valence-electron chi connectivity index (χ1n) is 6.16. The van der Waals surface area contributed by atoms with E-state index in [0.717, 1.165) is 16.7 Å². The molecule has 0 aromatic carbocycles. The normalized spacial score (nSPS) is 12.9. The van der Waals surface area contributed by atoms with Crippen LogP contribution in [0, 0.1) is 6.92 Å². The standard InChI is InChI=1S/C14H18BrN3S/c1-10-3-4-11(7-17-10)14(6-16)18(2)8-13-5-12(15)9-19-13/h3-5,7,9,14H,6,8,16H2,1-2H3. The molecule has 0 spiro atoms. The molecule has 2 rings (SSSR count). The van der Waals surface area contributed by atoms with E-state index in [1.165, 1.54) is 10.4 Å². The lowest BCUT2D eigenvalue weighted by Crippen LogP contribution is -2.30. The van der Waals surface area contributed by atoms with E-state index in [9.17, 15) is 0 Å². The summed E-state index contributed by atoms with van der Waals surface area (Å²) in [5.74, 6) is 0. The Morgan fingerprint density at radius 1 is 1.47 bits per heavy atom. The maximum Gasteiger partial charge on any atom is 0.0486 e. The molecule has 19 heavy (non-hydrogen) atoms. The van der Waals surface area contributed by atoms with E-state index in [-0.39, 0.29) is 6.04 Å². The summed E-state index contributed by atoms with van der Waals surface area (Å²) in [5.41, 5.74) is 8.13. The SMILES string of the molecule is Cc1ccc(C(CN)N(C)Cc2cc(Br)cs2)cn1. The van der Waals surface area contributed by atoms with Crippen LogP contribution in [-0.2, 0) is 6.54 Å². The van der Waals surface area contributed by atoms with Crippen LogP contribution >= 0.6 is 27.3 Å². The molecule has 0 radical (unpaired) electrons. The van der Waals surface area contributed by atoms with Crippen LogP contribution in [0.5, 0.6) is 0 Å². The number of halogens is 1. The van der Waals surface area contributed by atoms with Crippen LogP contribution in [0.4, 0.5) is 0 Å². The predicted molar refractivity (Wildman–Crippen MR) is 84.3 cm³/mol. The van der Waals surface area contributed by atoms with Crippen LogP contribution in [0.15, 0.2) is 34.2 Å². The molecule has 2 N–H and O–H groups in total. The van der Waals surface area contributed by atoms with Gasteiger partial charge in [0.25, 0.3) is 0 Å². The van der Waals surface area contributed by atoms with Crippen molar-refractivity contribution in [1.82, 2.24) is 9.88 Å². The molecule has 5 heteroatoms. The zero-order chi connectivity index (χ0) is 13.8. The smallest absolute Gasteiger partial charge is 0.0486 e. The first-order valence-corrected chi connectivity index (χ1v) is 7.83. The molecule has 0 aliphatic rings. The molecular formula is C14H18BrN3S. The Kier molecular flexibility index (Phi) is 5.10. The Labute approximate surface area is 126 Å². The molecule has 1 unspecified atom stereocenters. The Morgan fingerprint density at radius 2 is 2.26 bits per heavy atom. The highest BCUT2D eigenvalue weighted by Gasteiger charge is 2.16. The van der Waals surface area contributed by atoms with Gasteiger partial charge in [-0.15, -0.1) is 11.3 Å². The molecule has 0 aliphatic carbocycles. The largest absolute Gasteiger partial charge is 0.329 e. The molecule has 0 saturated heterocycles. The summed E-state index contributed by atoms with van der Waals surface area (Å²) in [7, 11) is 2.10. The van der Waals surface area contributed by atoms with E-state index in [4.69, 9.17) is 5.73 Å². The number of nitrogens with zero attached hydrogens (tertiary/aromatic N) is 2. The monoisotopic (exact) mass is 339 g/mol. The number of hydrogen-bond donors (Lipinski definition) is 1. The summed E-state index contributed by atoms with van der Waals surface area (Å²) < 4.78 is 1.14. The van der Waals surface area contributed by atoms with Gasteiger partial charge in [0.05, 0.1) is 0 Å². The number of thiophene rings is 1. The van der Waals surface area contributed by atoms with Crippen molar-refractivity contribution in [1.29, 1.82) is 0 Å². The number of pyridine rings is 1. The number of hydrogen-bond acceptors (Lipinski definition) is 4. The van der Waals surface area contributed by atoms with E-state index >= 15 is 0 Å². The van der Waals surface area contributed by atoms with Gasteiger partial charge in [-0.2, -0.15) is 0 Å². The maximum absolute atomic E-state index is 5.93. The Hall–Kier alpha value is -0.750. The average molecular weight is 340 g/mol. The third kappa shape index (κ3) is 3.86. The molecule has 2 heterocycles. The zero-order valence-electron chi connectivity index (χ0n) is 11.1. The van der Waals surface area contributed by atoms with Crippen molar-refractivity contribution in [3.63, 3.8) is 0 Å². The Bertz CT molecular complexity index is 524. The van der Waals surface area contributed by atoms with Gasteiger partial charge in [-0.3, -0.25) is 9.88 Å². The van der Waals surface area contributed by atoms with Gasteiger partial charge < -0.3 is 5.73 Å². The summed E-state index contributed by atoms with van der Waals surface area (Å²) in [4.78, 5) is 7.95. The number of rotatable bonds is 5. The van der Waals surface area contributed by atoms with Gasteiger partial charge in [0.15, 0.2) is 0 Å². The zero-order valence-corrected chi connectivity index (χ0v) is 13.5. The lowest BCUT2D eigenvalue weighted by molar-refractivity contribution is 0.243. The first kappa shape index (κ1) is 14.7. The van der Waals surface area contributed by atoms with Crippen LogP contribution in [0.25, 0.3) is 0 Å². The highest BCUT2D eigenvalue weighted by Crippen LogP contribution is 2.24. The lowest BCUT2D eigenvalue weighted by atomic mass is 10.1. The molecule has 3 nitrogen and oxygen atoms in total. The van der Waals surface area contributed by atoms with Crippen LogP contribution < -0.4 is 5.73 Å². The molecule has 0 bridgehead atoms. The van der Waals surface area contributed by atoms with Crippen molar-refractivity contribution in [2.45, 2.75) is 19.5 Å². The van der Waals surface area contributed by atoms with Gasteiger partial charge in [0.2, 0.25) is 0 Å². The van der Waals surface area contributed by atoms with E-state index in [2.05, 4.69) is 50.4 Å².